The number of aliphatic hydroxyl groups excluding tert-OH is 1. The molecule has 340 valence electrons. The number of esters is 1. The Labute approximate surface area is 360 Å². The number of phosphoric ester groups is 1. The van der Waals surface area contributed by atoms with Gasteiger partial charge >= 0.3 is 13.8 Å². The van der Waals surface area contributed by atoms with Crippen molar-refractivity contribution in [2.24, 2.45) is 0 Å². The lowest BCUT2D eigenvalue weighted by Gasteiger charge is -2.15. The highest BCUT2D eigenvalue weighted by Crippen LogP contribution is 2.42. The molecule has 0 aliphatic rings. The molecule has 0 aromatic rings. The molecule has 9 nitrogen and oxygen atoms in total. The van der Waals surface area contributed by atoms with E-state index in [0.29, 0.717) is 12.8 Å². The first kappa shape index (κ1) is 56.5. The molecule has 0 saturated heterocycles. The van der Waals surface area contributed by atoms with Crippen LogP contribution < -0.4 is 5.32 Å². The van der Waals surface area contributed by atoms with E-state index in [9.17, 15) is 24.2 Å². The summed E-state index contributed by atoms with van der Waals surface area (Å²) in [5, 5.41) is 12.7. The van der Waals surface area contributed by atoms with Crippen molar-refractivity contribution in [1.29, 1.82) is 0 Å². The van der Waals surface area contributed by atoms with Gasteiger partial charge in [-0.3, -0.25) is 18.6 Å². The molecule has 0 bridgehead atoms. The molecule has 59 heavy (non-hydrogen) atoms. The number of aliphatic hydroxyl groups is 1. The average Bonchev–Trinajstić information content (AvgIpc) is 3.22. The fraction of sp³-hybridized carbons (Fsp3) is 0.714. The van der Waals surface area contributed by atoms with Gasteiger partial charge in [0.2, 0.25) is 5.91 Å². The van der Waals surface area contributed by atoms with Crippen molar-refractivity contribution in [2.45, 2.75) is 200 Å². The Morgan fingerprint density at radius 1 is 0.542 bits per heavy atom. The lowest BCUT2D eigenvalue weighted by atomic mass is 10.1. The summed E-state index contributed by atoms with van der Waals surface area (Å²) in [5.74, 6) is -0.553. The number of carbonyl (C=O) groups is 2. The van der Waals surface area contributed by atoms with E-state index in [4.69, 9.17) is 13.8 Å². The quantitative estimate of drug-likeness (QED) is 0.0239. The molecule has 0 spiro atoms. The van der Waals surface area contributed by atoms with E-state index in [1.807, 2.05) is 0 Å². The van der Waals surface area contributed by atoms with Gasteiger partial charge in [-0.05, 0) is 83.5 Å². The van der Waals surface area contributed by atoms with Crippen LogP contribution in [0.3, 0.4) is 0 Å². The Hall–Kier alpha value is -2.55. The van der Waals surface area contributed by atoms with Crippen LogP contribution in [0.2, 0.25) is 0 Å². The van der Waals surface area contributed by atoms with Crippen LogP contribution in [-0.2, 0) is 27.9 Å². The maximum atomic E-state index is 12.1. The highest BCUT2D eigenvalue weighted by Gasteiger charge is 2.23. The molecule has 0 saturated carbocycles. The number of rotatable bonds is 43. The van der Waals surface area contributed by atoms with E-state index in [0.717, 1.165) is 70.6 Å². The Morgan fingerprint density at radius 2 is 0.966 bits per heavy atom. The number of ether oxygens (including phenoxy) is 1. The van der Waals surface area contributed by atoms with Crippen LogP contribution in [0, 0.1) is 0 Å². The number of carbonyl (C=O) groups excluding carboxylic acids is 2. The van der Waals surface area contributed by atoms with Gasteiger partial charge in [0, 0.05) is 19.4 Å². The molecule has 0 aromatic heterocycles. The molecule has 0 aliphatic heterocycles. The molecule has 0 fully saturated rings. The summed E-state index contributed by atoms with van der Waals surface area (Å²) in [6.45, 7) is 3.40. The second kappa shape index (κ2) is 45.0. The minimum Gasteiger partial charge on any atom is -0.463 e. The maximum Gasteiger partial charge on any atom is 0.472 e. The van der Waals surface area contributed by atoms with Crippen molar-refractivity contribution in [1.82, 2.24) is 5.32 Å². The number of allylic oxidation sites excluding steroid dienone is 12. The minimum atomic E-state index is -4.43. The summed E-state index contributed by atoms with van der Waals surface area (Å²) in [6.07, 6.45) is 55.5. The summed E-state index contributed by atoms with van der Waals surface area (Å²) in [7, 11) is -4.43. The standard InChI is InChI=1S/C49H86NO8P/c1-3-5-7-9-11-13-15-17-19-21-23-25-27-29-31-33-35-37-39-41-48(52)50-43-44-57-59(54,55)58-46-47(51)45-56-49(53)42-40-38-36-34-32-30-28-26-24-22-20-18-16-14-12-10-8-6-4-2/h6,8,12,14,17-20,24,26,30,32,47,51H,3-5,7,9-11,13,15-16,21-23,25,27-29,31,33-46H2,1-2H3,(H,50,52)(H,54,55)/b8-6-,14-12-,19-17+,20-18-,26-24-,32-30-. The van der Waals surface area contributed by atoms with E-state index < -0.39 is 26.5 Å². The van der Waals surface area contributed by atoms with Crippen molar-refractivity contribution in [3.63, 3.8) is 0 Å². The molecule has 0 aromatic carbocycles. The van der Waals surface area contributed by atoms with Crippen molar-refractivity contribution in [3.05, 3.63) is 72.9 Å². The molecule has 0 aliphatic carbocycles. The van der Waals surface area contributed by atoms with Gasteiger partial charge in [-0.2, -0.15) is 0 Å². The lowest BCUT2D eigenvalue weighted by molar-refractivity contribution is -0.147. The van der Waals surface area contributed by atoms with Gasteiger partial charge in [-0.25, -0.2) is 4.57 Å². The van der Waals surface area contributed by atoms with Gasteiger partial charge in [0.15, 0.2) is 0 Å². The summed E-state index contributed by atoms with van der Waals surface area (Å²) in [5.41, 5.74) is 0. The fourth-order valence-electron chi connectivity index (χ4n) is 6.11. The maximum absolute atomic E-state index is 12.1. The molecule has 2 unspecified atom stereocenters. The Balaban J connectivity index is 3.65. The Kier molecular flexibility index (Phi) is 43.0. The molecule has 10 heteroatoms. The van der Waals surface area contributed by atoms with Crippen molar-refractivity contribution in [3.8, 4) is 0 Å². The smallest absolute Gasteiger partial charge is 0.463 e. The Bertz CT molecular complexity index is 1190. The molecule has 0 heterocycles. The third-order valence-corrected chi connectivity index (χ3v) is 10.6. The topological polar surface area (TPSA) is 131 Å². The first-order valence-corrected chi connectivity index (χ1v) is 24.9. The van der Waals surface area contributed by atoms with Crippen LogP contribution in [0.1, 0.15) is 194 Å². The van der Waals surface area contributed by atoms with E-state index in [1.165, 1.54) is 89.9 Å². The van der Waals surface area contributed by atoms with E-state index in [1.54, 1.807) is 0 Å². The van der Waals surface area contributed by atoms with Gasteiger partial charge in [0.05, 0.1) is 13.2 Å². The number of amides is 1. The molecular weight excluding hydrogens is 762 g/mol. The summed E-state index contributed by atoms with van der Waals surface area (Å²) >= 11 is 0. The van der Waals surface area contributed by atoms with Gasteiger partial charge in [0.1, 0.15) is 12.7 Å². The van der Waals surface area contributed by atoms with Crippen LogP contribution in [0.25, 0.3) is 0 Å². The van der Waals surface area contributed by atoms with Crippen molar-refractivity contribution < 1.29 is 37.9 Å². The molecule has 0 radical (unpaired) electrons. The monoisotopic (exact) mass is 848 g/mol. The molecule has 3 N–H and O–H groups in total. The summed E-state index contributed by atoms with van der Waals surface area (Å²) in [6, 6.07) is 0. The number of hydrogen-bond donors (Lipinski definition) is 3. The zero-order valence-electron chi connectivity index (χ0n) is 37.4. The van der Waals surface area contributed by atoms with Gasteiger partial charge in [0.25, 0.3) is 0 Å². The predicted octanol–water partition coefficient (Wildman–Crippen LogP) is 13.4. The fourth-order valence-corrected chi connectivity index (χ4v) is 6.86. The predicted molar refractivity (Wildman–Crippen MR) is 247 cm³/mol. The summed E-state index contributed by atoms with van der Waals surface area (Å²) < 4.78 is 26.9. The van der Waals surface area contributed by atoms with Crippen LogP contribution in [0.4, 0.5) is 0 Å². The molecular formula is C49H86NO8P. The first-order chi connectivity index (χ1) is 28.8. The van der Waals surface area contributed by atoms with Crippen LogP contribution in [0.5, 0.6) is 0 Å². The third-order valence-electron chi connectivity index (χ3n) is 9.62. The highest BCUT2D eigenvalue weighted by atomic mass is 31.2. The summed E-state index contributed by atoms with van der Waals surface area (Å²) in [4.78, 5) is 34.0. The number of phosphoric acid groups is 1. The third kappa shape index (κ3) is 46.4. The van der Waals surface area contributed by atoms with Crippen molar-refractivity contribution >= 4 is 19.7 Å². The zero-order chi connectivity index (χ0) is 43.2. The lowest BCUT2D eigenvalue weighted by Crippen LogP contribution is -2.27. The second-order valence-electron chi connectivity index (χ2n) is 15.3. The van der Waals surface area contributed by atoms with Gasteiger partial charge in [-0.15, -0.1) is 0 Å². The minimum absolute atomic E-state index is 0.0736. The van der Waals surface area contributed by atoms with Gasteiger partial charge < -0.3 is 20.1 Å². The van der Waals surface area contributed by atoms with Crippen molar-refractivity contribution in [2.75, 3.05) is 26.4 Å². The highest BCUT2D eigenvalue weighted by molar-refractivity contribution is 7.47. The largest absolute Gasteiger partial charge is 0.472 e. The second-order valence-corrected chi connectivity index (χ2v) is 16.8. The van der Waals surface area contributed by atoms with Gasteiger partial charge in [-0.1, -0.05) is 170 Å². The Morgan fingerprint density at radius 3 is 1.49 bits per heavy atom. The van der Waals surface area contributed by atoms with Crippen LogP contribution in [-0.4, -0.2) is 54.3 Å². The van der Waals surface area contributed by atoms with E-state index in [-0.39, 0.29) is 32.1 Å². The SMILES string of the molecule is CC/C=C\C/C=C\C/C=C\C/C=C\C/C=C\CCCCCC(=O)OCC(O)COP(=O)(O)OCCNC(=O)CCCCCCCCCCC/C=C/CCCCCCCC. The number of unbranched alkanes of at least 4 members (excludes halogenated alkanes) is 18. The number of nitrogens with one attached hydrogen (secondary N) is 1. The van der Waals surface area contributed by atoms with Crippen LogP contribution in [0.15, 0.2) is 72.9 Å². The average molecular weight is 848 g/mol. The normalized spacial score (nSPS) is 13.9. The number of hydrogen-bond acceptors (Lipinski definition) is 7. The molecule has 1 amide bonds. The van der Waals surface area contributed by atoms with Crippen LogP contribution >= 0.6 is 7.82 Å². The molecule has 2 atom stereocenters. The van der Waals surface area contributed by atoms with E-state index >= 15 is 0 Å². The zero-order valence-corrected chi connectivity index (χ0v) is 38.3. The molecule has 0 rings (SSSR count). The first-order valence-electron chi connectivity index (χ1n) is 23.4. The van der Waals surface area contributed by atoms with E-state index in [2.05, 4.69) is 92.1 Å².